The van der Waals surface area contributed by atoms with Gasteiger partial charge in [0.15, 0.2) is 11.5 Å². The Morgan fingerprint density at radius 2 is 1.75 bits per heavy atom. The standard InChI is InChI=1S/C21H20ClN3O3/c1-13-16(22)5-4-6-17(13)24-15-7-9-18(23-12-15)21(26)25-14-8-10-19(27-2)20(11-14)28-3/h4-12,24H,1-3H3,(H,25,26). The number of amides is 1. The van der Waals surface area contributed by atoms with Crippen LogP contribution >= 0.6 is 11.6 Å². The van der Waals surface area contributed by atoms with Crippen LogP contribution in [-0.2, 0) is 0 Å². The highest BCUT2D eigenvalue weighted by Gasteiger charge is 2.11. The second-order valence-electron chi connectivity index (χ2n) is 5.99. The number of aromatic nitrogens is 1. The number of rotatable bonds is 6. The third kappa shape index (κ3) is 4.35. The fourth-order valence-corrected chi connectivity index (χ4v) is 2.78. The van der Waals surface area contributed by atoms with E-state index in [4.69, 9.17) is 21.1 Å². The number of anilines is 3. The molecule has 1 heterocycles. The van der Waals surface area contributed by atoms with Crippen molar-refractivity contribution in [2.45, 2.75) is 6.92 Å². The number of ether oxygens (including phenoxy) is 2. The summed E-state index contributed by atoms with van der Waals surface area (Å²) in [5.41, 5.74) is 3.47. The Hall–Kier alpha value is -3.25. The number of benzene rings is 2. The van der Waals surface area contributed by atoms with Crippen LogP contribution in [0.3, 0.4) is 0 Å². The van der Waals surface area contributed by atoms with Gasteiger partial charge in [0.25, 0.3) is 5.91 Å². The highest BCUT2D eigenvalue weighted by atomic mass is 35.5. The molecule has 28 heavy (non-hydrogen) atoms. The third-order valence-electron chi connectivity index (χ3n) is 4.18. The molecule has 0 atom stereocenters. The molecule has 0 aliphatic heterocycles. The van der Waals surface area contributed by atoms with Crippen LogP contribution in [0.1, 0.15) is 16.1 Å². The van der Waals surface area contributed by atoms with Gasteiger partial charge in [-0.2, -0.15) is 0 Å². The summed E-state index contributed by atoms with van der Waals surface area (Å²) in [5, 5.41) is 6.73. The van der Waals surface area contributed by atoms with Crippen LogP contribution in [0.5, 0.6) is 11.5 Å². The number of pyridine rings is 1. The number of carbonyl (C=O) groups excluding carboxylic acids is 1. The van der Waals surface area contributed by atoms with Crippen LogP contribution in [0, 0.1) is 6.92 Å². The predicted octanol–water partition coefficient (Wildman–Crippen LogP) is 5.06. The van der Waals surface area contributed by atoms with Crippen LogP contribution in [0.25, 0.3) is 0 Å². The lowest BCUT2D eigenvalue weighted by Crippen LogP contribution is -2.13. The molecule has 0 radical (unpaired) electrons. The maximum absolute atomic E-state index is 12.5. The van der Waals surface area contributed by atoms with Gasteiger partial charge in [-0.3, -0.25) is 4.79 Å². The first kappa shape index (κ1) is 19.5. The number of halogens is 1. The minimum atomic E-state index is -0.322. The largest absolute Gasteiger partial charge is 0.493 e. The molecule has 1 aromatic heterocycles. The van der Waals surface area contributed by atoms with Gasteiger partial charge in [0.1, 0.15) is 5.69 Å². The summed E-state index contributed by atoms with van der Waals surface area (Å²) >= 11 is 6.14. The van der Waals surface area contributed by atoms with E-state index >= 15 is 0 Å². The minimum Gasteiger partial charge on any atom is -0.493 e. The van der Waals surface area contributed by atoms with Gasteiger partial charge in [-0.1, -0.05) is 17.7 Å². The molecule has 3 rings (SSSR count). The molecule has 3 aromatic rings. The van der Waals surface area contributed by atoms with Crippen LogP contribution < -0.4 is 20.1 Å². The fourth-order valence-electron chi connectivity index (χ4n) is 2.61. The molecule has 0 saturated heterocycles. The first-order valence-electron chi connectivity index (χ1n) is 8.53. The molecule has 0 fully saturated rings. The van der Waals surface area contributed by atoms with Crippen LogP contribution in [-0.4, -0.2) is 25.1 Å². The van der Waals surface area contributed by atoms with E-state index in [0.29, 0.717) is 27.9 Å². The molecule has 7 heteroatoms. The average Bonchev–Trinajstić information content (AvgIpc) is 2.71. The van der Waals surface area contributed by atoms with E-state index in [2.05, 4.69) is 15.6 Å². The monoisotopic (exact) mass is 397 g/mol. The van der Waals surface area contributed by atoms with Crippen molar-refractivity contribution in [1.29, 1.82) is 0 Å². The molecule has 0 bridgehead atoms. The highest BCUT2D eigenvalue weighted by molar-refractivity contribution is 6.31. The molecule has 0 saturated carbocycles. The topological polar surface area (TPSA) is 72.5 Å². The van der Waals surface area contributed by atoms with Crippen molar-refractivity contribution < 1.29 is 14.3 Å². The zero-order valence-corrected chi connectivity index (χ0v) is 16.5. The maximum atomic E-state index is 12.5. The Bertz CT molecular complexity index is 991. The van der Waals surface area contributed by atoms with Crippen LogP contribution in [0.4, 0.5) is 17.1 Å². The molecule has 0 aliphatic carbocycles. The molecule has 2 aromatic carbocycles. The number of methoxy groups -OCH3 is 2. The van der Waals surface area contributed by atoms with Gasteiger partial charge in [-0.05, 0) is 48.9 Å². The van der Waals surface area contributed by atoms with Gasteiger partial charge in [0.2, 0.25) is 0 Å². The Kier molecular flexibility index (Phi) is 6.01. The van der Waals surface area contributed by atoms with Gasteiger partial charge in [-0.15, -0.1) is 0 Å². The predicted molar refractivity (Wildman–Crippen MR) is 111 cm³/mol. The van der Waals surface area contributed by atoms with Crippen molar-refractivity contribution in [3.8, 4) is 11.5 Å². The van der Waals surface area contributed by atoms with E-state index in [1.165, 1.54) is 0 Å². The summed E-state index contributed by atoms with van der Waals surface area (Å²) in [4.78, 5) is 16.7. The quantitative estimate of drug-likeness (QED) is 0.608. The number of hydrogen-bond acceptors (Lipinski definition) is 5. The highest BCUT2D eigenvalue weighted by Crippen LogP contribution is 2.30. The SMILES string of the molecule is COc1ccc(NC(=O)c2ccc(Nc3cccc(Cl)c3C)cn2)cc1OC. The Morgan fingerprint density at radius 3 is 2.43 bits per heavy atom. The van der Waals surface area contributed by atoms with Crippen molar-refractivity contribution in [2.75, 3.05) is 24.9 Å². The first-order chi connectivity index (χ1) is 13.5. The van der Waals surface area contributed by atoms with E-state index in [-0.39, 0.29) is 5.91 Å². The summed E-state index contributed by atoms with van der Waals surface area (Å²) in [6.45, 7) is 1.93. The second-order valence-corrected chi connectivity index (χ2v) is 6.40. The molecule has 0 unspecified atom stereocenters. The lowest BCUT2D eigenvalue weighted by Gasteiger charge is -2.12. The van der Waals surface area contributed by atoms with Crippen molar-refractivity contribution in [1.82, 2.24) is 4.98 Å². The Balaban J connectivity index is 1.71. The third-order valence-corrected chi connectivity index (χ3v) is 4.59. The molecular weight excluding hydrogens is 378 g/mol. The molecule has 0 aliphatic rings. The molecule has 1 amide bonds. The van der Waals surface area contributed by atoms with E-state index in [0.717, 1.165) is 16.9 Å². The van der Waals surface area contributed by atoms with Gasteiger partial charge >= 0.3 is 0 Å². The Labute approximate surface area is 168 Å². The number of nitrogens with one attached hydrogen (secondary N) is 2. The Morgan fingerprint density at radius 1 is 1.00 bits per heavy atom. The van der Waals surface area contributed by atoms with E-state index < -0.39 is 0 Å². The minimum absolute atomic E-state index is 0.295. The second kappa shape index (κ2) is 8.63. The molecule has 2 N–H and O–H groups in total. The average molecular weight is 398 g/mol. The maximum Gasteiger partial charge on any atom is 0.274 e. The molecule has 144 valence electrons. The van der Waals surface area contributed by atoms with Gasteiger partial charge in [0.05, 0.1) is 26.1 Å². The van der Waals surface area contributed by atoms with Crippen molar-refractivity contribution >= 4 is 34.6 Å². The van der Waals surface area contributed by atoms with E-state index in [9.17, 15) is 4.79 Å². The van der Waals surface area contributed by atoms with Crippen molar-refractivity contribution in [2.24, 2.45) is 0 Å². The lowest BCUT2D eigenvalue weighted by molar-refractivity contribution is 0.102. The summed E-state index contributed by atoms with van der Waals surface area (Å²) in [6, 6.07) is 14.2. The lowest BCUT2D eigenvalue weighted by atomic mass is 10.2. The zero-order valence-electron chi connectivity index (χ0n) is 15.7. The van der Waals surface area contributed by atoms with Crippen LogP contribution in [0.2, 0.25) is 5.02 Å². The normalized spacial score (nSPS) is 10.3. The number of nitrogens with zero attached hydrogens (tertiary/aromatic N) is 1. The van der Waals surface area contributed by atoms with Crippen molar-refractivity contribution in [3.63, 3.8) is 0 Å². The fraction of sp³-hybridized carbons (Fsp3) is 0.143. The summed E-state index contributed by atoms with van der Waals surface area (Å²) in [6.07, 6.45) is 1.60. The molecule has 6 nitrogen and oxygen atoms in total. The first-order valence-corrected chi connectivity index (χ1v) is 8.91. The van der Waals surface area contributed by atoms with Gasteiger partial charge in [-0.25, -0.2) is 4.98 Å². The van der Waals surface area contributed by atoms with E-state index in [1.807, 2.05) is 25.1 Å². The van der Waals surface area contributed by atoms with Gasteiger partial charge < -0.3 is 20.1 Å². The number of hydrogen-bond donors (Lipinski definition) is 2. The van der Waals surface area contributed by atoms with Gasteiger partial charge in [0, 0.05) is 22.5 Å². The summed E-state index contributed by atoms with van der Waals surface area (Å²) in [7, 11) is 3.10. The summed E-state index contributed by atoms with van der Waals surface area (Å²) in [5.74, 6) is 0.799. The summed E-state index contributed by atoms with van der Waals surface area (Å²) < 4.78 is 10.4. The smallest absolute Gasteiger partial charge is 0.274 e. The van der Waals surface area contributed by atoms with Crippen LogP contribution in [0.15, 0.2) is 54.7 Å². The van der Waals surface area contributed by atoms with E-state index in [1.54, 1.807) is 50.7 Å². The molecular formula is C21H20ClN3O3. The van der Waals surface area contributed by atoms with Crippen molar-refractivity contribution in [3.05, 3.63) is 71.0 Å². The number of carbonyl (C=O) groups is 1. The molecule has 0 spiro atoms. The zero-order chi connectivity index (χ0) is 20.1.